The number of benzene rings is 3. The highest BCUT2D eigenvalue weighted by Crippen LogP contribution is 2.37. The Morgan fingerprint density at radius 1 is 0.969 bits per heavy atom. The lowest BCUT2D eigenvalue weighted by atomic mass is 10.1. The van der Waals surface area contributed by atoms with Crippen molar-refractivity contribution in [3.63, 3.8) is 0 Å². The zero-order valence-corrected chi connectivity index (χ0v) is 19.2. The van der Waals surface area contributed by atoms with Gasteiger partial charge in [0.15, 0.2) is 0 Å². The van der Waals surface area contributed by atoms with Crippen LogP contribution in [0.15, 0.2) is 77.8 Å². The Morgan fingerprint density at radius 3 is 2.53 bits per heavy atom. The lowest BCUT2D eigenvalue weighted by Gasteiger charge is -2.17. The number of nitrogens with zero attached hydrogens (tertiary/aromatic N) is 1. The summed E-state index contributed by atoms with van der Waals surface area (Å²) in [4.78, 5) is 17.7. The van der Waals surface area contributed by atoms with Gasteiger partial charge in [0.2, 0.25) is 0 Å². The van der Waals surface area contributed by atoms with Gasteiger partial charge in [-0.3, -0.25) is 0 Å². The van der Waals surface area contributed by atoms with E-state index in [-0.39, 0.29) is 0 Å². The monoisotopic (exact) mass is 443 g/mol. The molecule has 0 aliphatic rings. The molecule has 0 aliphatic carbocycles. The lowest BCUT2D eigenvalue weighted by Crippen LogP contribution is -2.10. The molecule has 1 aromatic heterocycles. The fourth-order valence-electron chi connectivity index (χ4n) is 3.57. The van der Waals surface area contributed by atoms with Crippen molar-refractivity contribution in [2.75, 3.05) is 7.11 Å². The number of ether oxygens (including phenoxy) is 2. The third-order valence-corrected chi connectivity index (χ3v) is 6.32. The number of carbonyl (C=O) groups is 1. The molecular formula is C27H25NO3S. The highest BCUT2D eigenvalue weighted by atomic mass is 32.2. The fourth-order valence-corrected chi connectivity index (χ4v) is 4.67. The first kappa shape index (κ1) is 21.9. The van der Waals surface area contributed by atoms with Gasteiger partial charge in [-0.1, -0.05) is 66.2 Å². The minimum Gasteiger partial charge on any atom is -0.487 e. The Morgan fingerprint density at radius 2 is 1.75 bits per heavy atom. The van der Waals surface area contributed by atoms with E-state index >= 15 is 0 Å². The van der Waals surface area contributed by atoms with Crippen molar-refractivity contribution < 1.29 is 14.3 Å². The molecule has 1 heterocycles. The van der Waals surface area contributed by atoms with E-state index in [9.17, 15) is 4.79 Å². The van der Waals surface area contributed by atoms with Crippen LogP contribution in [-0.4, -0.2) is 18.1 Å². The average molecular weight is 444 g/mol. The zero-order valence-electron chi connectivity index (χ0n) is 18.4. The molecule has 0 unspecified atom stereocenters. The summed E-state index contributed by atoms with van der Waals surface area (Å²) in [5.41, 5.74) is 5.76. The van der Waals surface area contributed by atoms with Crippen molar-refractivity contribution in [3.05, 3.63) is 101 Å². The van der Waals surface area contributed by atoms with Crippen LogP contribution in [-0.2, 0) is 17.1 Å². The Labute approximate surface area is 192 Å². The number of aromatic nitrogens is 1. The number of carbonyl (C=O) groups excluding carboxylic acids is 1. The van der Waals surface area contributed by atoms with Gasteiger partial charge in [-0.2, -0.15) is 0 Å². The summed E-state index contributed by atoms with van der Waals surface area (Å²) in [6.45, 7) is 4.48. The molecule has 4 rings (SSSR count). The van der Waals surface area contributed by atoms with Crippen LogP contribution in [0.2, 0.25) is 0 Å². The normalized spacial score (nSPS) is 10.8. The van der Waals surface area contributed by atoms with Gasteiger partial charge >= 0.3 is 5.97 Å². The van der Waals surface area contributed by atoms with E-state index in [1.54, 1.807) is 0 Å². The number of esters is 1. The van der Waals surface area contributed by atoms with E-state index in [0.717, 1.165) is 22.0 Å². The summed E-state index contributed by atoms with van der Waals surface area (Å²) < 4.78 is 11.4. The van der Waals surface area contributed by atoms with Gasteiger partial charge < -0.3 is 9.47 Å². The molecule has 0 bridgehead atoms. The van der Waals surface area contributed by atoms with Crippen molar-refractivity contribution in [2.24, 2.45) is 0 Å². The van der Waals surface area contributed by atoms with E-state index in [2.05, 4.69) is 25.1 Å². The smallest absolute Gasteiger partial charge is 0.344 e. The van der Waals surface area contributed by atoms with E-state index in [4.69, 9.17) is 14.5 Å². The topological polar surface area (TPSA) is 48.4 Å². The molecule has 0 N–H and O–H groups in total. The molecule has 32 heavy (non-hydrogen) atoms. The first-order chi connectivity index (χ1) is 15.6. The van der Waals surface area contributed by atoms with Crippen LogP contribution in [0.4, 0.5) is 0 Å². The number of aryl methyl sites for hydroxylation is 2. The summed E-state index contributed by atoms with van der Waals surface area (Å²) in [5.74, 6) is 0.755. The van der Waals surface area contributed by atoms with Crippen LogP contribution >= 0.6 is 11.8 Å². The third-order valence-electron chi connectivity index (χ3n) is 5.29. The maximum absolute atomic E-state index is 12.9. The molecule has 0 saturated heterocycles. The molecule has 0 saturated carbocycles. The number of hydrogen-bond acceptors (Lipinski definition) is 5. The molecule has 4 nitrogen and oxygen atoms in total. The molecule has 0 radical (unpaired) electrons. The molecule has 0 amide bonds. The maximum Gasteiger partial charge on any atom is 0.344 e. The third kappa shape index (κ3) is 4.78. The van der Waals surface area contributed by atoms with Crippen LogP contribution < -0.4 is 4.74 Å². The van der Waals surface area contributed by atoms with Crippen molar-refractivity contribution in [1.82, 2.24) is 4.98 Å². The van der Waals surface area contributed by atoms with Gasteiger partial charge in [-0.15, -0.1) is 11.8 Å². The Bertz CT molecular complexity index is 1270. The summed E-state index contributed by atoms with van der Waals surface area (Å²) in [6.07, 6.45) is 0. The molecule has 4 aromatic rings. The molecule has 162 valence electrons. The highest BCUT2D eigenvalue weighted by molar-refractivity contribution is 7.98. The number of hydrogen-bond donors (Lipinski definition) is 0. The number of rotatable bonds is 7. The predicted molar refractivity (Wildman–Crippen MR) is 129 cm³/mol. The van der Waals surface area contributed by atoms with Crippen molar-refractivity contribution in [1.29, 1.82) is 0 Å². The summed E-state index contributed by atoms with van der Waals surface area (Å²) in [7, 11) is 1.39. The van der Waals surface area contributed by atoms with Gasteiger partial charge in [-0.25, -0.2) is 9.78 Å². The summed E-state index contributed by atoms with van der Waals surface area (Å²) >= 11 is 1.52. The second-order valence-corrected chi connectivity index (χ2v) is 8.59. The molecule has 0 spiro atoms. The average Bonchev–Trinajstić information content (AvgIpc) is 2.81. The van der Waals surface area contributed by atoms with Gasteiger partial charge in [0.05, 0.1) is 12.6 Å². The van der Waals surface area contributed by atoms with Gasteiger partial charge in [-0.05, 0) is 42.7 Å². The largest absolute Gasteiger partial charge is 0.487 e. The van der Waals surface area contributed by atoms with Crippen molar-refractivity contribution >= 4 is 28.6 Å². The molecule has 3 aromatic carbocycles. The standard InChI is InChI=1S/C27H25NO3S/c1-18-9-8-11-20(15-18)16-31-25-22-13-6-7-14-23(22)28-26(24(25)27(29)30-3)32-17-21-12-5-4-10-19(21)2/h4-15H,16-17H2,1-3H3. The quantitative estimate of drug-likeness (QED) is 0.241. The SMILES string of the molecule is COC(=O)c1c(SCc2ccccc2C)nc2ccccc2c1OCc1cccc(C)c1. The van der Waals surface area contributed by atoms with Crippen LogP contribution in [0.1, 0.15) is 32.6 Å². The first-order valence-electron chi connectivity index (χ1n) is 10.4. The van der Waals surface area contributed by atoms with Gasteiger partial charge in [0.1, 0.15) is 22.9 Å². The van der Waals surface area contributed by atoms with Crippen LogP contribution in [0.25, 0.3) is 10.9 Å². The Kier molecular flexibility index (Phi) is 6.76. The number of methoxy groups -OCH3 is 1. The van der Waals surface area contributed by atoms with Crippen molar-refractivity contribution in [3.8, 4) is 5.75 Å². The van der Waals surface area contributed by atoms with E-state index < -0.39 is 5.97 Å². The van der Waals surface area contributed by atoms with Crippen LogP contribution in [0.5, 0.6) is 5.75 Å². The molecule has 5 heteroatoms. The number of thioether (sulfide) groups is 1. The van der Waals surface area contributed by atoms with E-state index in [0.29, 0.717) is 28.7 Å². The Hall–Kier alpha value is -3.31. The Balaban J connectivity index is 1.77. The van der Waals surface area contributed by atoms with Crippen molar-refractivity contribution in [2.45, 2.75) is 31.2 Å². The second-order valence-electron chi connectivity index (χ2n) is 7.62. The molecular weight excluding hydrogens is 418 g/mol. The first-order valence-corrected chi connectivity index (χ1v) is 11.4. The van der Waals surface area contributed by atoms with Crippen LogP contribution in [0, 0.1) is 13.8 Å². The number of pyridine rings is 1. The lowest BCUT2D eigenvalue weighted by molar-refractivity contribution is 0.0590. The fraction of sp³-hybridized carbons (Fsp3) is 0.185. The molecule has 0 fully saturated rings. The number of fused-ring (bicyclic) bond motifs is 1. The summed E-state index contributed by atoms with van der Waals surface area (Å²) in [6, 6.07) is 24.1. The van der Waals surface area contributed by atoms with Gasteiger partial charge in [0, 0.05) is 11.1 Å². The maximum atomic E-state index is 12.9. The summed E-state index contributed by atoms with van der Waals surface area (Å²) in [5, 5.41) is 1.40. The van der Waals surface area contributed by atoms with E-state index in [1.165, 1.54) is 30.0 Å². The van der Waals surface area contributed by atoms with E-state index in [1.807, 2.05) is 61.5 Å². The molecule has 0 atom stereocenters. The minimum absolute atomic E-state index is 0.349. The highest BCUT2D eigenvalue weighted by Gasteiger charge is 2.24. The number of para-hydroxylation sites is 1. The molecule has 0 aliphatic heterocycles. The minimum atomic E-state index is -0.449. The zero-order chi connectivity index (χ0) is 22.5. The second kappa shape index (κ2) is 9.88. The van der Waals surface area contributed by atoms with Crippen LogP contribution in [0.3, 0.4) is 0 Å². The van der Waals surface area contributed by atoms with Gasteiger partial charge in [0.25, 0.3) is 0 Å². The predicted octanol–water partition coefficient (Wildman–Crippen LogP) is 6.51.